The van der Waals surface area contributed by atoms with E-state index in [-0.39, 0.29) is 18.5 Å². The van der Waals surface area contributed by atoms with Crippen molar-refractivity contribution in [2.45, 2.75) is 26.4 Å². The van der Waals surface area contributed by atoms with Gasteiger partial charge in [-0.15, -0.1) is 0 Å². The molecule has 7 heteroatoms. The van der Waals surface area contributed by atoms with Crippen molar-refractivity contribution in [2.75, 3.05) is 7.05 Å². The molecular formula is C22H22N5O2+. The van der Waals surface area contributed by atoms with Gasteiger partial charge >= 0.3 is 12.0 Å². The van der Waals surface area contributed by atoms with Gasteiger partial charge in [0.25, 0.3) is 5.91 Å². The molecule has 2 aromatic carbocycles. The molecule has 2 aliphatic heterocycles. The van der Waals surface area contributed by atoms with E-state index < -0.39 is 6.04 Å². The third kappa shape index (κ3) is 2.30. The molecule has 3 heterocycles. The predicted octanol–water partition coefficient (Wildman–Crippen LogP) is 2.76. The molecule has 0 N–H and O–H groups in total. The number of urea groups is 1. The van der Waals surface area contributed by atoms with Crippen LogP contribution in [0.15, 0.2) is 47.5 Å². The van der Waals surface area contributed by atoms with Crippen LogP contribution in [0.3, 0.4) is 0 Å². The second-order valence-electron chi connectivity index (χ2n) is 7.68. The molecule has 1 atom stereocenters. The van der Waals surface area contributed by atoms with Crippen LogP contribution in [-0.2, 0) is 18.4 Å². The first-order valence-corrected chi connectivity index (χ1v) is 9.62. The number of benzene rings is 2. The third-order valence-corrected chi connectivity index (χ3v) is 6.19. The van der Waals surface area contributed by atoms with Crippen molar-refractivity contribution in [2.24, 2.45) is 12.0 Å². The summed E-state index contributed by atoms with van der Waals surface area (Å²) in [5, 5.41) is 2.13. The van der Waals surface area contributed by atoms with Gasteiger partial charge in [0, 0.05) is 7.05 Å². The molecule has 0 saturated carbocycles. The van der Waals surface area contributed by atoms with Crippen LogP contribution in [-0.4, -0.2) is 39.2 Å². The summed E-state index contributed by atoms with van der Waals surface area (Å²) in [6.45, 7) is 4.22. The van der Waals surface area contributed by atoms with Crippen LogP contribution >= 0.6 is 0 Å². The van der Waals surface area contributed by atoms with E-state index >= 15 is 0 Å². The number of fused-ring (bicyclic) bond motifs is 4. The number of likely N-dealkylation sites (N-methyl/N-ethyl adjacent to an activating group) is 1. The molecular weight excluding hydrogens is 366 g/mol. The Morgan fingerprint density at radius 2 is 1.79 bits per heavy atom. The first kappa shape index (κ1) is 17.6. The summed E-state index contributed by atoms with van der Waals surface area (Å²) < 4.78 is 3.90. The van der Waals surface area contributed by atoms with Crippen LogP contribution in [0.2, 0.25) is 0 Å². The van der Waals surface area contributed by atoms with E-state index in [0.717, 1.165) is 27.7 Å². The Morgan fingerprint density at radius 1 is 1.07 bits per heavy atom. The highest BCUT2D eigenvalue weighted by atomic mass is 16.2. The number of carbonyl (C=O) groups is 2. The number of hydrogen-bond donors (Lipinski definition) is 0. The van der Waals surface area contributed by atoms with Crippen LogP contribution in [0.1, 0.15) is 23.0 Å². The lowest BCUT2D eigenvalue weighted by atomic mass is 10.0. The number of hydrogen-bond acceptors (Lipinski definition) is 3. The summed E-state index contributed by atoms with van der Waals surface area (Å²) in [6, 6.07) is 13.0. The maximum absolute atomic E-state index is 13.5. The maximum atomic E-state index is 13.5. The van der Waals surface area contributed by atoms with Crippen molar-refractivity contribution < 1.29 is 14.2 Å². The van der Waals surface area contributed by atoms with Gasteiger partial charge in [0.15, 0.2) is 0 Å². The monoisotopic (exact) mass is 388 g/mol. The largest absolute Gasteiger partial charge is 0.401 e. The molecule has 0 aliphatic carbocycles. The number of nitrogens with zero attached hydrogens (tertiary/aromatic N) is 5. The Kier molecular flexibility index (Phi) is 3.65. The van der Waals surface area contributed by atoms with Crippen molar-refractivity contribution in [3.05, 3.63) is 59.4 Å². The summed E-state index contributed by atoms with van der Waals surface area (Å²) in [6.07, 6.45) is 0. The number of amides is 3. The molecule has 2 aliphatic rings. The fourth-order valence-electron chi connectivity index (χ4n) is 4.34. The van der Waals surface area contributed by atoms with Crippen molar-refractivity contribution in [1.82, 2.24) is 14.4 Å². The summed E-state index contributed by atoms with van der Waals surface area (Å²) in [4.78, 5) is 34.0. The Hall–Kier alpha value is -3.48. The lowest BCUT2D eigenvalue weighted by molar-refractivity contribution is -0.663. The molecule has 5 rings (SSSR count). The lowest BCUT2D eigenvalue weighted by Crippen LogP contribution is -2.57. The van der Waals surface area contributed by atoms with E-state index in [9.17, 15) is 9.59 Å². The second kappa shape index (κ2) is 6.01. The van der Waals surface area contributed by atoms with E-state index in [1.54, 1.807) is 7.05 Å². The van der Waals surface area contributed by atoms with Gasteiger partial charge in [0.2, 0.25) is 11.9 Å². The topological polar surface area (TPSA) is 61.8 Å². The Morgan fingerprint density at radius 3 is 2.59 bits per heavy atom. The Labute approximate surface area is 168 Å². The van der Waals surface area contributed by atoms with E-state index in [2.05, 4.69) is 4.99 Å². The zero-order valence-corrected chi connectivity index (χ0v) is 16.9. The summed E-state index contributed by atoms with van der Waals surface area (Å²) in [5.74, 6) is 0.945. The third-order valence-electron chi connectivity index (χ3n) is 6.19. The van der Waals surface area contributed by atoms with Gasteiger partial charge in [-0.3, -0.25) is 14.6 Å². The van der Waals surface area contributed by atoms with Crippen molar-refractivity contribution in [3.63, 3.8) is 0 Å². The molecule has 7 nitrogen and oxygen atoms in total. The molecule has 3 aromatic rings. The SMILES string of the molecule is Cc1c(C)[n+](C)c2n1C1C(=O)N(Cc3cccc4ccccc34)C(=O)N(C)C1=N2. The number of rotatable bonds is 2. The van der Waals surface area contributed by atoms with Crippen LogP contribution in [0.4, 0.5) is 10.7 Å². The first-order valence-electron chi connectivity index (χ1n) is 9.62. The van der Waals surface area contributed by atoms with Gasteiger partial charge in [-0.05, 0) is 30.2 Å². The summed E-state index contributed by atoms with van der Waals surface area (Å²) >= 11 is 0. The average molecular weight is 388 g/mol. The molecule has 1 saturated heterocycles. The number of aliphatic imine (C=N–C) groups is 1. The summed E-state index contributed by atoms with van der Waals surface area (Å²) in [7, 11) is 3.61. The molecule has 0 spiro atoms. The average Bonchev–Trinajstić information content (AvgIpc) is 3.22. The van der Waals surface area contributed by atoms with Gasteiger partial charge in [-0.1, -0.05) is 47.5 Å². The number of amidine groups is 1. The van der Waals surface area contributed by atoms with E-state index in [1.807, 2.05) is 72.5 Å². The van der Waals surface area contributed by atoms with E-state index in [4.69, 9.17) is 0 Å². The molecule has 29 heavy (non-hydrogen) atoms. The molecule has 3 amide bonds. The van der Waals surface area contributed by atoms with Crippen molar-refractivity contribution in [3.8, 4) is 0 Å². The maximum Gasteiger partial charge on any atom is 0.401 e. The zero-order valence-electron chi connectivity index (χ0n) is 16.9. The normalized spacial score (nSPS) is 18.3. The van der Waals surface area contributed by atoms with Gasteiger partial charge in [0.1, 0.15) is 11.4 Å². The zero-order chi connectivity index (χ0) is 20.4. The van der Waals surface area contributed by atoms with Gasteiger partial charge < -0.3 is 0 Å². The Balaban J connectivity index is 1.59. The number of aromatic nitrogens is 2. The highest BCUT2D eigenvalue weighted by Gasteiger charge is 2.53. The van der Waals surface area contributed by atoms with E-state index in [1.165, 1.54) is 9.80 Å². The smallest absolute Gasteiger partial charge is 0.270 e. The van der Waals surface area contributed by atoms with Crippen molar-refractivity contribution >= 4 is 34.5 Å². The fraction of sp³-hybridized carbons (Fsp3) is 0.273. The molecule has 1 unspecified atom stereocenters. The standard InChI is InChI=1S/C22H22N5O2/c1-13-14(2)27-18-19(23-21(27)24(13)3)25(4)22(29)26(20(18)28)12-16-10-7-9-15-8-5-6-11-17(15)16/h5-11,18H,12H2,1-4H3/q+1. The molecule has 146 valence electrons. The minimum absolute atomic E-state index is 0.230. The predicted molar refractivity (Wildman–Crippen MR) is 109 cm³/mol. The van der Waals surface area contributed by atoms with Crippen LogP contribution in [0, 0.1) is 13.8 Å². The highest BCUT2D eigenvalue weighted by Crippen LogP contribution is 2.35. The van der Waals surface area contributed by atoms with Gasteiger partial charge in [-0.2, -0.15) is 0 Å². The van der Waals surface area contributed by atoms with Crippen LogP contribution < -0.4 is 4.57 Å². The van der Waals surface area contributed by atoms with E-state index in [0.29, 0.717) is 11.8 Å². The quantitative estimate of drug-likeness (QED) is 0.634. The Bertz CT molecular complexity index is 1230. The number of carbonyl (C=O) groups excluding carboxylic acids is 2. The number of imide groups is 1. The molecule has 0 bridgehead atoms. The fourth-order valence-corrected chi connectivity index (χ4v) is 4.34. The van der Waals surface area contributed by atoms with Crippen LogP contribution in [0.5, 0.6) is 0 Å². The molecule has 1 aromatic heterocycles. The lowest BCUT2D eigenvalue weighted by Gasteiger charge is -2.33. The first-order chi connectivity index (χ1) is 13.9. The molecule has 1 fully saturated rings. The minimum Gasteiger partial charge on any atom is -0.270 e. The number of imidazole rings is 1. The minimum atomic E-state index is -0.609. The van der Waals surface area contributed by atoms with Crippen molar-refractivity contribution in [1.29, 1.82) is 0 Å². The molecule has 0 radical (unpaired) electrons. The van der Waals surface area contributed by atoms with Gasteiger partial charge in [0.05, 0.1) is 13.6 Å². The second-order valence-corrected chi connectivity index (χ2v) is 7.68. The summed E-state index contributed by atoms with van der Waals surface area (Å²) in [5.41, 5.74) is 2.98. The van der Waals surface area contributed by atoms with Gasteiger partial charge in [-0.25, -0.2) is 13.9 Å². The van der Waals surface area contributed by atoms with Crippen LogP contribution in [0.25, 0.3) is 10.8 Å². The highest BCUT2D eigenvalue weighted by molar-refractivity contribution is 6.20.